The van der Waals surface area contributed by atoms with Crippen molar-refractivity contribution < 1.29 is 14.3 Å². The molecule has 2 aliphatic rings. The van der Waals surface area contributed by atoms with Gasteiger partial charge in [-0.2, -0.15) is 0 Å². The summed E-state index contributed by atoms with van der Waals surface area (Å²) in [5, 5.41) is 0.790. The maximum absolute atomic E-state index is 12.2. The van der Waals surface area contributed by atoms with Gasteiger partial charge in [-0.3, -0.25) is 4.79 Å². The molecule has 0 radical (unpaired) electrons. The molecular weight excluding hydrogens is 298 g/mol. The number of amides is 1. The van der Waals surface area contributed by atoms with Crippen molar-refractivity contribution in [3.63, 3.8) is 0 Å². The molecule has 2 heterocycles. The molecule has 2 rings (SSSR count). The van der Waals surface area contributed by atoms with Crippen LogP contribution in [-0.4, -0.2) is 54.6 Å². The summed E-state index contributed by atoms with van der Waals surface area (Å²) in [7, 11) is 0. The molecule has 2 fully saturated rings. The minimum Gasteiger partial charge on any atom is -0.378 e. The molecule has 0 aromatic carbocycles. The Morgan fingerprint density at radius 2 is 2.22 bits per heavy atom. The lowest BCUT2D eigenvalue weighted by Gasteiger charge is -2.35. The van der Waals surface area contributed by atoms with Gasteiger partial charge < -0.3 is 14.4 Å². The van der Waals surface area contributed by atoms with E-state index in [9.17, 15) is 4.79 Å². The van der Waals surface area contributed by atoms with E-state index >= 15 is 0 Å². The van der Waals surface area contributed by atoms with Gasteiger partial charge in [0.15, 0.2) is 0 Å². The Bertz CT molecular complexity index is 269. The Morgan fingerprint density at radius 3 is 2.94 bits per heavy atom. The third-order valence-corrected chi connectivity index (χ3v) is 4.43. The highest BCUT2D eigenvalue weighted by Crippen LogP contribution is 2.19. The first-order valence-corrected chi connectivity index (χ1v) is 7.98. The predicted octanol–water partition coefficient (Wildman–Crippen LogP) is 1.96. The molecule has 0 aliphatic carbocycles. The zero-order valence-electron chi connectivity index (χ0n) is 10.8. The lowest BCUT2D eigenvalue weighted by atomic mass is 10.0. The molecule has 104 valence electrons. The minimum atomic E-state index is 0.193. The monoisotopic (exact) mass is 319 g/mol. The van der Waals surface area contributed by atoms with Gasteiger partial charge in [-0.25, -0.2) is 0 Å². The number of carbonyl (C=O) groups is 1. The normalized spacial score (nSPS) is 29.3. The van der Waals surface area contributed by atoms with Crippen LogP contribution in [0.1, 0.15) is 32.1 Å². The van der Waals surface area contributed by atoms with Crippen LogP contribution in [0.4, 0.5) is 0 Å². The number of nitrogens with zero attached hydrogens (tertiary/aromatic N) is 1. The number of rotatable bonds is 4. The van der Waals surface area contributed by atoms with E-state index in [4.69, 9.17) is 9.47 Å². The predicted molar refractivity (Wildman–Crippen MR) is 72.9 cm³/mol. The molecule has 0 spiro atoms. The van der Waals surface area contributed by atoms with E-state index in [1.165, 1.54) is 12.8 Å². The van der Waals surface area contributed by atoms with E-state index in [1.54, 1.807) is 0 Å². The maximum Gasteiger partial charge on any atom is 0.223 e. The molecule has 0 saturated carbocycles. The van der Waals surface area contributed by atoms with Crippen LogP contribution in [0.3, 0.4) is 0 Å². The van der Waals surface area contributed by atoms with E-state index < -0.39 is 0 Å². The lowest BCUT2D eigenvalue weighted by molar-refractivity contribution is -0.139. The van der Waals surface area contributed by atoms with Gasteiger partial charge in [-0.1, -0.05) is 15.9 Å². The van der Waals surface area contributed by atoms with Gasteiger partial charge >= 0.3 is 0 Å². The summed E-state index contributed by atoms with van der Waals surface area (Å²) in [6, 6.07) is 0.193. The highest BCUT2D eigenvalue weighted by molar-refractivity contribution is 9.09. The zero-order valence-corrected chi connectivity index (χ0v) is 12.4. The fourth-order valence-corrected chi connectivity index (χ4v) is 3.11. The highest BCUT2D eigenvalue weighted by Gasteiger charge is 2.26. The Morgan fingerprint density at radius 1 is 1.33 bits per heavy atom. The summed E-state index contributed by atoms with van der Waals surface area (Å²) in [5.41, 5.74) is 0. The Hall–Kier alpha value is -0.130. The molecule has 2 aliphatic heterocycles. The van der Waals surface area contributed by atoms with Crippen molar-refractivity contribution in [1.82, 2.24) is 4.90 Å². The quantitative estimate of drug-likeness (QED) is 0.743. The van der Waals surface area contributed by atoms with Crippen molar-refractivity contribution in [3.05, 3.63) is 0 Å². The molecule has 4 nitrogen and oxygen atoms in total. The van der Waals surface area contributed by atoms with E-state index in [2.05, 4.69) is 15.9 Å². The summed E-state index contributed by atoms with van der Waals surface area (Å²) in [6.45, 7) is 2.90. The summed E-state index contributed by atoms with van der Waals surface area (Å²) in [6.07, 6.45) is 5.28. The smallest absolute Gasteiger partial charge is 0.223 e. The molecule has 0 bridgehead atoms. The topological polar surface area (TPSA) is 38.8 Å². The second-order valence-electron chi connectivity index (χ2n) is 5.00. The number of carbonyl (C=O) groups excluding carboxylic acids is 1. The maximum atomic E-state index is 12.2. The van der Waals surface area contributed by atoms with Gasteiger partial charge in [0.1, 0.15) is 0 Å². The average molecular weight is 320 g/mol. The zero-order chi connectivity index (χ0) is 12.8. The van der Waals surface area contributed by atoms with Gasteiger partial charge in [0.2, 0.25) is 5.91 Å². The molecule has 2 atom stereocenters. The van der Waals surface area contributed by atoms with Gasteiger partial charge in [0.25, 0.3) is 0 Å². The first-order chi connectivity index (χ1) is 8.81. The number of hydrogen-bond donors (Lipinski definition) is 0. The lowest BCUT2D eigenvalue weighted by Crippen LogP contribution is -2.49. The second kappa shape index (κ2) is 7.46. The van der Waals surface area contributed by atoms with Crippen LogP contribution in [0.15, 0.2) is 0 Å². The van der Waals surface area contributed by atoms with Gasteiger partial charge in [0.05, 0.1) is 25.4 Å². The largest absolute Gasteiger partial charge is 0.378 e. The van der Waals surface area contributed by atoms with Crippen LogP contribution in [0, 0.1) is 0 Å². The number of morpholine rings is 1. The van der Waals surface area contributed by atoms with Crippen molar-refractivity contribution in [2.75, 3.05) is 31.7 Å². The van der Waals surface area contributed by atoms with E-state index in [-0.39, 0.29) is 11.9 Å². The van der Waals surface area contributed by atoms with Crippen LogP contribution < -0.4 is 0 Å². The summed E-state index contributed by atoms with van der Waals surface area (Å²) >= 11 is 3.45. The molecule has 2 saturated heterocycles. The van der Waals surface area contributed by atoms with Crippen molar-refractivity contribution in [2.45, 2.75) is 44.2 Å². The molecule has 0 N–H and O–H groups in total. The average Bonchev–Trinajstić information content (AvgIpc) is 2.45. The molecule has 18 heavy (non-hydrogen) atoms. The van der Waals surface area contributed by atoms with Gasteiger partial charge in [-0.15, -0.1) is 0 Å². The second-order valence-corrected chi connectivity index (χ2v) is 5.64. The minimum absolute atomic E-state index is 0.193. The van der Waals surface area contributed by atoms with Crippen LogP contribution in [0.2, 0.25) is 0 Å². The van der Waals surface area contributed by atoms with E-state index in [0.717, 1.165) is 31.3 Å². The number of hydrogen-bond acceptors (Lipinski definition) is 3. The Kier molecular flexibility index (Phi) is 5.92. The van der Waals surface area contributed by atoms with Crippen LogP contribution in [0.25, 0.3) is 0 Å². The standard InChI is InChI=1S/C13H22BrNO3/c14-9-11-10-17-8-6-15(11)13(16)5-4-12-3-1-2-7-18-12/h11-12H,1-10H2. The third kappa shape index (κ3) is 3.93. The SMILES string of the molecule is O=C(CCC1CCCCO1)N1CCOCC1CBr. The highest BCUT2D eigenvalue weighted by atomic mass is 79.9. The molecule has 5 heteroatoms. The van der Waals surface area contributed by atoms with Gasteiger partial charge in [-0.05, 0) is 25.7 Å². The fourth-order valence-electron chi connectivity index (χ4n) is 2.57. The van der Waals surface area contributed by atoms with E-state index in [1.807, 2.05) is 4.90 Å². The number of halogens is 1. The first kappa shape index (κ1) is 14.3. The summed E-state index contributed by atoms with van der Waals surface area (Å²) in [4.78, 5) is 14.2. The molecule has 0 aromatic rings. The van der Waals surface area contributed by atoms with Crippen molar-refractivity contribution in [3.8, 4) is 0 Å². The fraction of sp³-hybridized carbons (Fsp3) is 0.923. The molecule has 1 amide bonds. The Balaban J connectivity index is 1.75. The summed E-state index contributed by atoms with van der Waals surface area (Å²) in [5.74, 6) is 0.247. The summed E-state index contributed by atoms with van der Waals surface area (Å²) < 4.78 is 11.1. The molecule has 2 unspecified atom stereocenters. The molecular formula is C13H22BrNO3. The number of ether oxygens (including phenoxy) is 2. The Labute approximate surface area is 117 Å². The van der Waals surface area contributed by atoms with Crippen molar-refractivity contribution >= 4 is 21.8 Å². The van der Waals surface area contributed by atoms with Crippen molar-refractivity contribution in [2.24, 2.45) is 0 Å². The van der Waals surface area contributed by atoms with Crippen molar-refractivity contribution in [1.29, 1.82) is 0 Å². The number of alkyl halides is 1. The van der Waals surface area contributed by atoms with Crippen LogP contribution in [0.5, 0.6) is 0 Å². The van der Waals surface area contributed by atoms with Crippen LogP contribution in [-0.2, 0) is 14.3 Å². The first-order valence-electron chi connectivity index (χ1n) is 6.86. The van der Waals surface area contributed by atoms with Gasteiger partial charge in [0, 0.05) is 24.9 Å². The van der Waals surface area contributed by atoms with E-state index in [0.29, 0.717) is 25.7 Å². The molecule has 0 aromatic heterocycles. The van der Waals surface area contributed by atoms with Crippen LogP contribution >= 0.6 is 15.9 Å². The third-order valence-electron chi connectivity index (χ3n) is 3.68.